The second kappa shape index (κ2) is 6.47. The zero-order valence-corrected chi connectivity index (χ0v) is 9.43. The van der Waals surface area contributed by atoms with Crippen molar-refractivity contribution in [2.75, 3.05) is 13.6 Å². The third kappa shape index (κ3) is 4.76. The predicted molar refractivity (Wildman–Crippen MR) is 56.5 cm³/mol. The van der Waals surface area contributed by atoms with Crippen LogP contribution in [0.1, 0.15) is 47.0 Å². The van der Waals surface area contributed by atoms with Crippen molar-refractivity contribution in [1.29, 1.82) is 0 Å². The van der Waals surface area contributed by atoms with Crippen molar-refractivity contribution in [3.63, 3.8) is 0 Å². The lowest BCUT2D eigenvalue weighted by molar-refractivity contribution is 0.223. The molecular formula is C11H25N. The highest BCUT2D eigenvalue weighted by Gasteiger charge is 2.10. The first-order valence-corrected chi connectivity index (χ1v) is 5.32. The number of hydrogen-bond acceptors (Lipinski definition) is 1. The van der Waals surface area contributed by atoms with Crippen LogP contribution in [0.15, 0.2) is 0 Å². The van der Waals surface area contributed by atoms with Gasteiger partial charge in [0.05, 0.1) is 0 Å². The molecule has 0 bridgehead atoms. The van der Waals surface area contributed by atoms with Gasteiger partial charge in [-0.3, -0.25) is 0 Å². The molecule has 0 aromatic rings. The minimum Gasteiger partial charge on any atom is -0.304 e. The van der Waals surface area contributed by atoms with Crippen LogP contribution in [0.2, 0.25) is 0 Å². The fourth-order valence-corrected chi connectivity index (χ4v) is 1.50. The van der Waals surface area contributed by atoms with Gasteiger partial charge in [0, 0.05) is 6.04 Å². The van der Waals surface area contributed by atoms with Crippen molar-refractivity contribution in [3.05, 3.63) is 0 Å². The molecule has 0 aliphatic heterocycles. The fourth-order valence-electron chi connectivity index (χ4n) is 1.50. The molecular weight excluding hydrogens is 146 g/mol. The summed E-state index contributed by atoms with van der Waals surface area (Å²) in [6.07, 6.45) is 3.92. The Bertz CT molecular complexity index is 101. The van der Waals surface area contributed by atoms with Gasteiger partial charge in [-0.25, -0.2) is 0 Å². The zero-order valence-electron chi connectivity index (χ0n) is 9.43. The van der Waals surface area contributed by atoms with Crippen LogP contribution in [0.25, 0.3) is 0 Å². The molecule has 0 rings (SSSR count). The van der Waals surface area contributed by atoms with Gasteiger partial charge in [0.15, 0.2) is 0 Å². The largest absolute Gasteiger partial charge is 0.304 e. The minimum atomic E-state index is 0.750. The third-order valence-electron chi connectivity index (χ3n) is 2.77. The standard InChI is InChI=1S/C11H25N/c1-6-8-12(5)11(4)9-10(3)7-2/h10-11H,6-9H2,1-5H3/t10-,11?/m1/s1. The SMILES string of the molecule is CCCN(C)C(C)C[C@H](C)CC. The molecule has 0 spiro atoms. The quantitative estimate of drug-likeness (QED) is 0.593. The molecule has 0 aliphatic carbocycles. The van der Waals surface area contributed by atoms with Crippen LogP contribution in [0.4, 0.5) is 0 Å². The number of nitrogens with zero attached hydrogens (tertiary/aromatic N) is 1. The Labute approximate surface area is 78.1 Å². The second-order valence-corrected chi connectivity index (χ2v) is 4.08. The van der Waals surface area contributed by atoms with E-state index in [0.29, 0.717) is 0 Å². The van der Waals surface area contributed by atoms with E-state index in [1.54, 1.807) is 0 Å². The van der Waals surface area contributed by atoms with Gasteiger partial charge in [-0.05, 0) is 39.3 Å². The van der Waals surface area contributed by atoms with Gasteiger partial charge in [0.25, 0.3) is 0 Å². The molecule has 1 nitrogen and oxygen atoms in total. The summed E-state index contributed by atoms with van der Waals surface area (Å²) < 4.78 is 0. The monoisotopic (exact) mass is 171 g/mol. The molecule has 0 heterocycles. The van der Waals surface area contributed by atoms with E-state index in [-0.39, 0.29) is 0 Å². The summed E-state index contributed by atoms with van der Waals surface area (Å²) in [6, 6.07) is 0.750. The second-order valence-electron chi connectivity index (χ2n) is 4.08. The van der Waals surface area contributed by atoms with Crippen LogP contribution in [0.5, 0.6) is 0 Å². The molecule has 12 heavy (non-hydrogen) atoms. The van der Waals surface area contributed by atoms with Gasteiger partial charge < -0.3 is 4.90 Å². The summed E-state index contributed by atoms with van der Waals surface area (Å²) >= 11 is 0. The van der Waals surface area contributed by atoms with E-state index in [9.17, 15) is 0 Å². The molecule has 0 amide bonds. The number of rotatable bonds is 6. The first kappa shape index (κ1) is 12.0. The van der Waals surface area contributed by atoms with Gasteiger partial charge >= 0.3 is 0 Å². The van der Waals surface area contributed by atoms with Gasteiger partial charge in [0.1, 0.15) is 0 Å². The molecule has 0 radical (unpaired) electrons. The van der Waals surface area contributed by atoms with E-state index >= 15 is 0 Å². The maximum atomic E-state index is 2.46. The Morgan fingerprint density at radius 2 is 1.75 bits per heavy atom. The average Bonchev–Trinajstić information content (AvgIpc) is 2.04. The maximum absolute atomic E-state index is 2.46. The van der Waals surface area contributed by atoms with E-state index in [2.05, 4.69) is 39.6 Å². The Morgan fingerprint density at radius 3 is 2.17 bits per heavy atom. The molecule has 0 aromatic heterocycles. The minimum absolute atomic E-state index is 0.750. The van der Waals surface area contributed by atoms with Crippen LogP contribution in [0, 0.1) is 5.92 Å². The summed E-state index contributed by atoms with van der Waals surface area (Å²) in [6.45, 7) is 10.4. The molecule has 74 valence electrons. The average molecular weight is 171 g/mol. The lowest BCUT2D eigenvalue weighted by Gasteiger charge is -2.26. The summed E-state index contributed by atoms with van der Waals surface area (Å²) in [5.74, 6) is 0.874. The van der Waals surface area contributed by atoms with Gasteiger partial charge in [-0.1, -0.05) is 27.2 Å². The van der Waals surface area contributed by atoms with Crippen LogP contribution in [-0.2, 0) is 0 Å². The number of hydrogen-bond donors (Lipinski definition) is 0. The lowest BCUT2D eigenvalue weighted by atomic mass is 9.99. The van der Waals surface area contributed by atoms with Crippen molar-refractivity contribution in [2.24, 2.45) is 5.92 Å². The van der Waals surface area contributed by atoms with Crippen molar-refractivity contribution < 1.29 is 0 Å². The molecule has 1 unspecified atom stereocenters. The van der Waals surface area contributed by atoms with Crippen molar-refractivity contribution in [1.82, 2.24) is 4.90 Å². The van der Waals surface area contributed by atoms with Crippen molar-refractivity contribution in [2.45, 2.75) is 53.0 Å². The Kier molecular flexibility index (Phi) is 6.45. The Balaban J connectivity index is 3.62. The third-order valence-corrected chi connectivity index (χ3v) is 2.77. The first-order chi connectivity index (χ1) is 5.61. The fraction of sp³-hybridized carbons (Fsp3) is 1.00. The summed E-state index contributed by atoms with van der Waals surface area (Å²) in [4.78, 5) is 2.46. The summed E-state index contributed by atoms with van der Waals surface area (Å²) in [7, 11) is 2.23. The van der Waals surface area contributed by atoms with E-state index in [1.165, 1.54) is 25.8 Å². The molecule has 0 saturated heterocycles. The molecule has 0 N–H and O–H groups in total. The Hall–Kier alpha value is -0.0400. The van der Waals surface area contributed by atoms with Gasteiger partial charge in [-0.2, -0.15) is 0 Å². The van der Waals surface area contributed by atoms with Crippen LogP contribution >= 0.6 is 0 Å². The maximum Gasteiger partial charge on any atom is 0.00664 e. The molecule has 2 atom stereocenters. The van der Waals surface area contributed by atoms with Crippen molar-refractivity contribution in [3.8, 4) is 0 Å². The van der Waals surface area contributed by atoms with E-state index in [1.807, 2.05) is 0 Å². The first-order valence-electron chi connectivity index (χ1n) is 5.32. The van der Waals surface area contributed by atoms with E-state index in [0.717, 1.165) is 12.0 Å². The zero-order chi connectivity index (χ0) is 9.56. The normalized spacial score (nSPS) is 16.5. The highest BCUT2D eigenvalue weighted by molar-refractivity contribution is 4.65. The van der Waals surface area contributed by atoms with Crippen LogP contribution in [-0.4, -0.2) is 24.5 Å². The molecule has 0 saturated carbocycles. The Morgan fingerprint density at radius 1 is 1.17 bits per heavy atom. The summed E-state index contributed by atoms with van der Waals surface area (Å²) in [5.41, 5.74) is 0. The predicted octanol–water partition coefficient (Wildman–Crippen LogP) is 3.15. The molecule has 1 heteroatoms. The topological polar surface area (TPSA) is 3.24 Å². The van der Waals surface area contributed by atoms with E-state index < -0.39 is 0 Å². The van der Waals surface area contributed by atoms with Crippen LogP contribution in [0.3, 0.4) is 0 Å². The highest BCUT2D eigenvalue weighted by atomic mass is 15.1. The lowest BCUT2D eigenvalue weighted by Crippen LogP contribution is -2.31. The highest BCUT2D eigenvalue weighted by Crippen LogP contribution is 2.13. The van der Waals surface area contributed by atoms with Gasteiger partial charge in [0.2, 0.25) is 0 Å². The molecule has 0 aliphatic rings. The smallest absolute Gasteiger partial charge is 0.00664 e. The van der Waals surface area contributed by atoms with E-state index in [4.69, 9.17) is 0 Å². The molecule has 0 aromatic carbocycles. The van der Waals surface area contributed by atoms with Crippen LogP contribution < -0.4 is 0 Å². The summed E-state index contributed by atoms with van der Waals surface area (Å²) in [5, 5.41) is 0. The molecule has 0 fully saturated rings. The van der Waals surface area contributed by atoms with Crippen molar-refractivity contribution >= 4 is 0 Å². The van der Waals surface area contributed by atoms with Gasteiger partial charge in [-0.15, -0.1) is 0 Å².